The molecular formula is C16H21NO3. The summed E-state index contributed by atoms with van der Waals surface area (Å²) in [5.41, 5.74) is 0.259. The van der Waals surface area contributed by atoms with Crippen LogP contribution in [0.1, 0.15) is 33.3 Å². The third-order valence-corrected chi connectivity index (χ3v) is 3.64. The number of nitrogens with zero attached hydrogens (tertiary/aromatic N) is 1. The van der Waals surface area contributed by atoms with Gasteiger partial charge < -0.3 is 4.74 Å². The summed E-state index contributed by atoms with van der Waals surface area (Å²) in [5.74, 6) is -0.0540. The molecule has 1 aromatic rings. The standard InChI is InChI=1S/C16H21NO3/c1-11(2)14-16(3,4)20-15(19)17(14)13(18)10-12-8-6-5-7-9-12/h5-9,11,14H,10H2,1-4H3/t14-/m1/s1. The summed E-state index contributed by atoms with van der Waals surface area (Å²) in [5, 5.41) is 0. The first-order chi connectivity index (χ1) is 9.33. The minimum absolute atomic E-state index is 0.149. The van der Waals surface area contributed by atoms with E-state index in [1.54, 1.807) is 0 Å². The summed E-state index contributed by atoms with van der Waals surface area (Å²) < 4.78 is 5.36. The van der Waals surface area contributed by atoms with Crippen molar-refractivity contribution in [2.24, 2.45) is 5.92 Å². The fraction of sp³-hybridized carbons (Fsp3) is 0.500. The largest absolute Gasteiger partial charge is 0.441 e. The Morgan fingerprint density at radius 2 is 1.90 bits per heavy atom. The maximum absolute atomic E-state index is 12.5. The molecule has 0 aromatic heterocycles. The predicted molar refractivity (Wildman–Crippen MR) is 76.2 cm³/mol. The van der Waals surface area contributed by atoms with E-state index in [0.717, 1.165) is 5.56 Å². The van der Waals surface area contributed by atoms with Crippen molar-refractivity contribution in [2.45, 2.75) is 45.8 Å². The Bertz CT molecular complexity index is 508. The topological polar surface area (TPSA) is 46.6 Å². The maximum atomic E-state index is 12.5. The van der Waals surface area contributed by atoms with E-state index in [-0.39, 0.29) is 24.3 Å². The molecule has 0 saturated carbocycles. The summed E-state index contributed by atoms with van der Waals surface area (Å²) in [6.45, 7) is 7.70. The molecule has 0 N–H and O–H groups in total. The number of carbonyl (C=O) groups excluding carboxylic acids is 2. The quantitative estimate of drug-likeness (QED) is 0.852. The number of rotatable bonds is 3. The highest BCUT2D eigenvalue weighted by Crippen LogP contribution is 2.34. The highest BCUT2D eigenvalue weighted by molar-refractivity contribution is 5.95. The van der Waals surface area contributed by atoms with Crippen LogP contribution in [0.4, 0.5) is 4.79 Å². The number of ether oxygens (including phenoxy) is 1. The van der Waals surface area contributed by atoms with Crippen LogP contribution in [-0.4, -0.2) is 28.5 Å². The van der Waals surface area contributed by atoms with E-state index in [4.69, 9.17) is 4.74 Å². The van der Waals surface area contributed by atoms with E-state index >= 15 is 0 Å². The Kier molecular flexibility index (Phi) is 3.84. The van der Waals surface area contributed by atoms with Crippen LogP contribution in [0.2, 0.25) is 0 Å². The van der Waals surface area contributed by atoms with Gasteiger partial charge in [-0.2, -0.15) is 0 Å². The molecular weight excluding hydrogens is 254 g/mol. The van der Waals surface area contributed by atoms with Crippen LogP contribution in [0, 0.1) is 5.92 Å². The molecule has 1 aliphatic heterocycles. The second kappa shape index (κ2) is 5.27. The maximum Gasteiger partial charge on any atom is 0.417 e. The van der Waals surface area contributed by atoms with Gasteiger partial charge in [0.15, 0.2) is 0 Å². The molecule has 1 aliphatic rings. The van der Waals surface area contributed by atoms with Crippen LogP contribution >= 0.6 is 0 Å². The third kappa shape index (κ3) is 2.69. The number of imide groups is 1. The first-order valence-electron chi connectivity index (χ1n) is 6.92. The fourth-order valence-electron chi connectivity index (χ4n) is 2.97. The minimum atomic E-state index is -0.641. The Hall–Kier alpha value is -1.84. The van der Waals surface area contributed by atoms with Gasteiger partial charge in [0.2, 0.25) is 5.91 Å². The second-order valence-corrected chi connectivity index (χ2v) is 6.09. The summed E-state index contributed by atoms with van der Waals surface area (Å²) in [6, 6.07) is 9.21. The van der Waals surface area contributed by atoms with Crippen LogP contribution in [0.3, 0.4) is 0 Å². The van der Waals surface area contributed by atoms with E-state index in [9.17, 15) is 9.59 Å². The first-order valence-corrected chi connectivity index (χ1v) is 6.92. The average Bonchev–Trinajstić information content (AvgIpc) is 2.59. The number of benzene rings is 1. The molecule has 1 heterocycles. The van der Waals surface area contributed by atoms with Gasteiger partial charge in [-0.25, -0.2) is 9.69 Å². The summed E-state index contributed by atoms with van der Waals surface area (Å²) in [4.78, 5) is 25.8. The smallest absolute Gasteiger partial charge is 0.417 e. The fourth-order valence-corrected chi connectivity index (χ4v) is 2.97. The molecule has 0 aliphatic carbocycles. The van der Waals surface area contributed by atoms with Crippen molar-refractivity contribution in [1.29, 1.82) is 0 Å². The van der Waals surface area contributed by atoms with Crippen molar-refractivity contribution in [2.75, 3.05) is 0 Å². The van der Waals surface area contributed by atoms with Gasteiger partial charge in [0.05, 0.1) is 12.5 Å². The number of amides is 2. The van der Waals surface area contributed by atoms with Crippen LogP contribution in [0.15, 0.2) is 30.3 Å². The SMILES string of the molecule is CC(C)[C@H]1N(C(=O)Cc2ccccc2)C(=O)OC1(C)C. The lowest BCUT2D eigenvalue weighted by Gasteiger charge is -2.31. The molecule has 1 saturated heterocycles. The van der Waals surface area contributed by atoms with Crippen LogP contribution in [0.5, 0.6) is 0 Å². The van der Waals surface area contributed by atoms with Crippen LogP contribution in [-0.2, 0) is 16.0 Å². The average molecular weight is 275 g/mol. The lowest BCUT2D eigenvalue weighted by molar-refractivity contribution is -0.129. The number of hydrogen-bond donors (Lipinski definition) is 0. The minimum Gasteiger partial charge on any atom is -0.441 e. The summed E-state index contributed by atoms with van der Waals surface area (Å²) in [7, 11) is 0. The highest BCUT2D eigenvalue weighted by Gasteiger charge is 2.51. The van der Waals surface area contributed by atoms with Gasteiger partial charge in [0.1, 0.15) is 5.60 Å². The number of hydrogen-bond acceptors (Lipinski definition) is 3. The van der Waals surface area contributed by atoms with Crippen molar-refractivity contribution in [3.8, 4) is 0 Å². The Morgan fingerprint density at radius 1 is 1.30 bits per heavy atom. The third-order valence-electron chi connectivity index (χ3n) is 3.64. The first kappa shape index (κ1) is 14.6. The van der Waals surface area contributed by atoms with Crippen LogP contribution < -0.4 is 0 Å². The van der Waals surface area contributed by atoms with Crippen molar-refractivity contribution in [3.63, 3.8) is 0 Å². The zero-order chi connectivity index (χ0) is 14.9. The molecule has 4 heteroatoms. The van der Waals surface area contributed by atoms with Crippen LogP contribution in [0.25, 0.3) is 0 Å². The second-order valence-electron chi connectivity index (χ2n) is 6.09. The predicted octanol–water partition coefficient (Wildman–Crippen LogP) is 3.01. The molecule has 4 nitrogen and oxygen atoms in total. The van der Waals surface area contributed by atoms with E-state index in [1.165, 1.54) is 4.90 Å². The Balaban J connectivity index is 2.21. The number of cyclic esters (lactones) is 1. The van der Waals surface area contributed by atoms with Gasteiger partial charge in [-0.05, 0) is 25.3 Å². The van der Waals surface area contributed by atoms with Crippen molar-refractivity contribution >= 4 is 12.0 Å². The molecule has 1 atom stereocenters. The van der Waals surface area contributed by atoms with Crippen molar-refractivity contribution < 1.29 is 14.3 Å². The summed E-state index contributed by atoms with van der Waals surface area (Å²) in [6.07, 6.45) is -0.315. The Morgan fingerprint density at radius 3 is 2.45 bits per heavy atom. The van der Waals surface area contributed by atoms with E-state index in [2.05, 4.69) is 0 Å². The molecule has 0 unspecified atom stereocenters. The van der Waals surface area contributed by atoms with Crippen molar-refractivity contribution in [3.05, 3.63) is 35.9 Å². The Labute approximate surface area is 119 Å². The zero-order valence-corrected chi connectivity index (χ0v) is 12.4. The normalized spacial score (nSPS) is 21.1. The lowest BCUT2D eigenvalue weighted by atomic mass is 9.88. The monoisotopic (exact) mass is 275 g/mol. The molecule has 1 aromatic carbocycles. The van der Waals surface area contributed by atoms with E-state index in [0.29, 0.717) is 0 Å². The molecule has 1 fully saturated rings. The van der Waals surface area contributed by atoms with Crippen molar-refractivity contribution in [1.82, 2.24) is 4.90 Å². The van der Waals surface area contributed by atoms with Gasteiger partial charge in [-0.3, -0.25) is 4.79 Å². The molecule has 2 amide bonds. The summed E-state index contributed by atoms with van der Waals surface area (Å²) >= 11 is 0. The number of carbonyl (C=O) groups is 2. The molecule has 0 radical (unpaired) electrons. The van der Waals surface area contributed by atoms with Gasteiger partial charge >= 0.3 is 6.09 Å². The molecule has 108 valence electrons. The van der Waals surface area contributed by atoms with Gasteiger partial charge in [-0.15, -0.1) is 0 Å². The van der Waals surface area contributed by atoms with Gasteiger partial charge in [0, 0.05) is 0 Å². The lowest BCUT2D eigenvalue weighted by Crippen LogP contribution is -2.48. The molecule has 2 rings (SSSR count). The molecule has 0 bridgehead atoms. The van der Waals surface area contributed by atoms with E-state index in [1.807, 2.05) is 58.0 Å². The van der Waals surface area contributed by atoms with E-state index < -0.39 is 11.7 Å². The molecule has 20 heavy (non-hydrogen) atoms. The van der Waals surface area contributed by atoms with Gasteiger partial charge in [0.25, 0.3) is 0 Å². The van der Waals surface area contributed by atoms with Gasteiger partial charge in [-0.1, -0.05) is 44.2 Å². The molecule has 0 spiro atoms. The zero-order valence-electron chi connectivity index (χ0n) is 12.4. The highest BCUT2D eigenvalue weighted by atomic mass is 16.6.